The van der Waals surface area contributed by atoms with Gasteiger partial charge in [-0.1, -0.05) is 22.9 Å². The predicted molar refractivity (Wildman–Crippen MR) is 58.5 cm³/mol. The highest BCUT2D eigenvalue weighted by Crippen LogP contribution is 2.33. The average molecular weight is 213 g/mol. The molecule has 0 saturated carbocycles. The number of aryl methyl sites for hydroxylation is 2. The van der Waals surface area contributed by atoms with Crippen LogP contribution < -0.4 is 5.73 Å². The summed E-state index contributed by atoms with van der Waals surface area (Å²) in [5.74, 6) is 0. The third kappa shape index (κ3) is 1.28. The summed E-state index contributed by atoms with van der Waals surface area (Å²) in [6, 6.07) is 1.93. The van der Waals surface area contributed by atoms with E-state index in [1.165, 1.54) is 22.5 Å². The van der Waals surface area contributed by atoms with Crippen molar-refractivity contribution in [3.8, 4) is 0 Å². The first-order valence-electron chi connectivity index (χ1n) is 3.91. The van der Waals surface area contributed by atoms with Gasteiger partial charge in [0.05, 0.1) is 9.72 Å². The van der Waals surface area contributed by atoms with Crippen molar-refractivity contribution in [3.63, 3.8) is 0 Å². The number of hydrogen-bond acceptors (Lipinski definition) is 3. The van der Waals surface area contributed by atoms with Gasteiger partial charge in [-0.2, -0.15) is 0 Å². The number of aromatic nitrogens is 1. The highest BCUT2D eigenvalue weighted by atomic mass is 35.5. The van der Waals surface area contributed by atoms with E-state index < -0.39 is 0 Å². The van der Waals surface area contributed by atoms with E-state index in [1.54, 1.807) is 0 Å². The molecule has 13 heavy (non-hydrogen) atoms. The fourth-order valence-electron chi connectivity index (χ4n) is 1.30. The summed E-state index contributed by atoms with van der Waals surface area (Å²) >= 11 is 7.53. The lowest BCUT2D eigenvalue weighted by molar-refractivity contribution is 1.38. The number of fused-ring (bicyclic) bond motifs is 1. The highest BCUT2D eigenvalue weighted by molar-refractivity contribution is 7.22. The number of halogens is 1. The van der Waals surface area contributed by atoms with E-state index in [2.05, 4.69) is 11.9 Å². The predicted octanol–water partition coefficient (Wildman–Crippen LogP) is 3.15. The molecular formula is C9H9ClN2S. The molecule has 0 saturated heterocycles. The molecule has 1 aromatic heterocycles. The van der Waals surface area contributed by atoms with Crippen LogP contribution in [0.3, 0.4) is 0 Å². The molecule has 2 N–H and O–H groups in total. The molecule has 2 rings (SSSR count). The van der Waals surface area contributed by atoms with Crippen molar-refractivity contribution in [2.75, 3.05) is 5.73 Å². The molecule has 2 nitrogen and oxygen atoms in total. The quantitative estimate of drug-likeness (QED) is 0.729. The van der Waals surface area contributed by atoms with Crippen LogP contribution in [0.5, 0.6) is 0 Å². The van der Waals surface area contributed by atoms with Crippen molar-refractivity contribution in [3.05, 3.63) is 22.2 Å². The third-order valence-electron chi connectivity index (χ3n) is 2.15. The largest absolute Gasteiger partial charge is 0.375 e. The fourth-order valence-corrected chi connectivity index (χ4v) is 2.57. The van der Waals surface area contributed by atoms with E-state index in [-0.39, 0.29) is 0 Å². The summed E-state index contributed by atoms with van der Waals surface area (Å²) in [7, 11) is 0. The Balaban J connectivity index is 2.95. The van der Waals surface area contributed by atoms with Gasteiger partial charge in [0.1, 0.15) is 5.52 Å². The molecule has 0 radical (unpaired) electrons. The van der Waals surface area contributed by atoms with Crippen LogP contribution >= 0.6 is 22.9 Å². The maximum absolute atomic E-state index is 6.04. The maximum Gasteiger partial charge on any atom is 0.181 e. The number of anilines is 1. The van der Waals surface area contributed by atoms with Gasteiger partial charge in [-0.25, -0.2) is 4.98 Å². The monoisotopic (exact) mass is 212 g/mol. The van der Waals surface area contributed by atoms with Crippen LogP contribution in [0.1, 0.15) is 11.1 Å². The van der Waals surface area contributed by atoms with Crippen molar-refractivity contribution in [2.24, 2.45) is 0 Å². The molecule has 68 valence electrons. The second kappa shape index (κ2) is 2.86. The lowest BCUT2D eigenvalue weighted by Crippen LogP contribution is -1.82. The van der Waals surface area contributed by atoms with Gasteiger partial charge in [0.2, 0.25) is 0 Å². The second-order valence-electron chi connectivity index (χ2n) is 3.03. The van der Waals surface area contributed by atoms with E-state index in [0.717, 1.165) is 10.2 Å². The van der Waals surface area contributed by atoms with Crippen LogP contribution in [-0.4, -0.2) is 4.98 Å². The first-order chi connectivity index (χ1) is 6.09. The molecule has 0 amide bonds. The van der Waals surface area contributed by atoms with Crippen LogP contribution in [0.15, 0.2) is 6.07 Å². The molecule has 0 fully saturated rings. The molecule has 1 heterocycles. The molecule has 1 aromatic carbocycles. The number of nitrogen functional groups attached to an aromatic ring is 1. The molecule has 0 spiro atoms. The van der Waals surface area contributed by atoms with Crippen LogP contribution in [-0.2, 0) is 0 Å². The number of hydrogen-bond donors (Lipinski definition) is 1. The summed E-state index contributed by atoms with van der Waals surface area (Å²) < 4.78 is 1.10. The molecular weight excluding hydrogens is 204 g/mol. The van der Waals surface area contributed by atoms with Crippen molar-refractivity contribution in [1.29, 1.82) is 0 Å². The number of nitrogens with two attached hydrogens (primary N) is 1. The standard InChI is InChI=1S/C9H9ClN2S/c1-4-3-6(10)7-8(5(4)2)13-9(11)12-7/h3H,1-2H3,(H2,11,12). The van der Waals surface area contributed by atoms with Gasteiger partial charge in [0, 0.05) is 0 Å². The Hall–Kier alpha value is -0.800. The number of thiazole rings is 1. The molecule has 0 aliphatic rings. The van der Waals surface area contributed by atoms with Crippen molar-refractivity contribution in [2.45, 2.75) is 13.8 Å². The van der Waals surface area contributed by atoms with E-state index in [4.69, 9.17) is 17.3 Å². The fraction of sp³-hybridized carbons (Fsp3) is 0.222. The van der Waals surface area contributed by atoms with Crippen LogP contribution in [0.4, 0.5) is 5.13 Å². The first kappa shape index (κ1) is 8.78. The minimum atomic E-state index is 0.575. The molecule has 0 atom stereocenters. The van der Waals surface area contributed by atoms with Gasteiger partial charge in [0.15, 0.2) is 5.13 Å². The summed E-state index contributed by atoms with van der Waals surface area (Å²) in [6.07, 6.45) is 0. The zero-order chi connectivity index (χ0) is 9.59. The summed E-state index contributed by atoms with van der Waals surface area (Å²) in [6.45, 7) is 4.10. The number of benzene rings is 1. The summed E-state index contributed by atoms with van der Waals surface area (Å²) in [5.41, 5.74) is 8.85. The molecule has 0 bridgehead atoms. The van der Waals surface area contributed by atoms with E-state index >= 15 is 0 Å². The second-order valence-corrected chi connectivity index (χ2v) is 4.47. The van der Waals surface area contributed by atoms with Crippen LogP contribution in [0, 0.1) is 13.8 Å². The van der Waals surface area contributed by atoms with Gasteiger partial charge in [-0.05, 0) is 31.0 Å². The normalized spacial score (nSPS) is 11.0. The van der Waals surface area contributed by atoms with Gasteiger partial charge >= 0.3 is 0 Å². The molecule has 0 aliphatic carbocycles. The van der Waals surface area contributed by atoms with Gasteiger partial charge in [-0.15, -0.1) is 0 Å². The Morgan fingerprint density at radius 2 is 2.15 bits per heavy atom. The number of nitrogens with zero attached hydrogens (tertiary/aromatic N) is 1. The van der Waals surface area contributed by atoms with Gasteiger partial charge < -0.3 is 5.73 Å². The number of rotatable bonds is 0. The lowest BCUT2D eigenvalue weighted by Gasteiger charge is -2.01. The molecule has 0 aliphatic heterocycles. The van der Waals surface area contributed by atoms with Crippen molar-refractivity contribution >= 4 is 38.3 Å². The Morgan fingerprint density at radius 1 is 1.46 bits per heavy atom. The minimum absolute atomic E-state index is 0.575. The van der Waals surface area contributed by atoms with E-state index in [1.807, 2.05) is 13.0 Å². The van der Waals surface area contributed by atoms with Crippen molar-refractivity contribution < 1.29 is 0 Å². The zero-order valence-electron chi connectivity index (χ0n) is 7.39. The summed E-state index contributed by atoms with van der Waals surface area (Å²) in [5, 5.41) is 1.26. The Morgan fingerprint density at radius 3 is 2.85 bits per heavy atom. The zero-order valence-corrected chi connectivity index (χ0v) is 8.96. The van der Waals surface area contributed by atoms with Crippen molar-refractivity contribution in [1.82, 2.24) is 4.98 Å². The Bertz CT molecular complexity index is 476. The van der Waals surface area contributed by atoms with Crippen LogP contribution in [0.2, 0.25) is 5.02 Å². The average Bonchev–Trinajstić information content (AvgIpc) is 2.44. The molecule has 2 aromatic rings. The highest BCUT2D eigenvalue weighted by Gasteiger charge is 2.09. The van der Waals surface area contributed by atoms with E-state index in [9.17, 15) is 0 Å². The lowest BCUT2D eigenvalue weighted by atomic mass is 10.1. The minimum Gasteiger partial charge on any atom is -0.375 e. The maximum atomic E-state index is 6.04. The Kier molecular flexibility index (Phi) is 1.93. The smallest absolute Gasteiger partial charge is 0.181 e. The first-order valence-corrected chi connectivity index (χ1v) is 5.10. The topological polar surface area (TPSA) is 38.9 Å². The van der Waals surface area contributed by atoms with Gasteiger partial charge in [0.25, 0.3) is 0 Å². The Labute approximate surface area is 85.3 Å². The molecule has 0 unspecified atom stereocenters. The SMILES string of the molecule is Cc1cc(Cl)c2nc(N)sc2c1C. The summed E-state index contributed by atoms with van der Waals surface area (Å²) in [4.78, 5) is 4.18. The van der Waals surface area contributed by atoms with E-state index in [0.29, 0.717) is 10.2 Å². The molecule has 4 heteroatoms. The third-order valence-corrected chi connectivity index (χ3v) is 3.44. The van der Waals surface area contributed by atoms with Gasteiger partial charge in [-0.3, -0.25) is 0 Å². The van der Waals surface area contributed by atoms with Crippen LogP contribution in [0.25, 0.3) is 10.2 Å².